The molecule has 0 fully saturated rings. The number of rotatable bonds is 9. The number of nitrogens with one attached hydrogen (secondary N) is 2. The third-order valence-electron chi connectivity index (χ3n) is 5.66. The zero-order chi connectivity index (χ0) is 24.8. The SMILES string of the molecule is CCOC(=O)C1=C(C(C)C)NC(=O)NC1c1ccc(OCc2cc(C)ccc2C)c(OCC)c1. The van der Waals surface area contributed by atoms with Gasteiger partial charge in [0.25, 0.3) is 0 Å². The van der Waals surface area contributed by atoms with Crippen LogP contribution in [-0.2, 0) is 16.1 Å². The van der Waals surface area contributed by atoms with Gasteiger partial charge in [0.2, 0.25) is 0 Å². The molecular weight excluding hydrogens is 432 g/mol. The molecule has 0 saturated carbocycles. The van der Waals surface area contributed by atoms with Gasteiger partial charge in [0.15, 0.2) is 11.5 Å². The third-order valence-corrected chi connectivity index (χ3v) is 5.66. The van der Waals surface area contributed by atoms with Gasteiger partial charge < -0.3 is 24.8 Å². The van der Waals surface area contributed by atoms with E-state index in [4.69, 9.17) is 14.2 Å². The number of benzene rings is 2. The van der Waals surface area contributed by atoms with Crippen LogP contribution in [0.5, 0.6) is 11.5 Å². The van der Waals surface area contributed by atoms with Crippen LogP contribution in [0.4, 0.5) is 4.79 Å². The molecule has 34 heavy (non-hydrogen) atoms. The number of allylic oxidation sites excluding steroid dienone is 1. The molecule has 3 rings (SSSR count). The van der Waals surface area contributed by atoms with Crippen molar-refractivity contribution in [2.24, 2.45) is 5.92 Å². The van der Waals surface area contributed by atoms with Crippen molar-refractivity contribution in [2.75, 3.05) is 13.2 Å². The van der Waals surface area contributed by atoms with Crippen molar-refractivity contribution in [1.82, 2.24) is 10.6 Å². The molecule has 2 N–H and O–H groups in total. The molecule has 2 aromatic rings. The monoisotopic (exact) mass is 466 g/mol. The van der Waals surface area contributed by atoms with Crippen LogP contribution < -0.4 is 20.1 Å². The van der Waals surface area contributed by atoms with E-state index in [0.29, 0.717) is 41.5 Å². The Morgan fingerprint density at radius 1 is 1.00 bits per heavy atom. The normalized spacial score (nSPS) is 15.6. The van der Waals surface area contributed by atoms with E-state index in [1.807, 2.05) is 39.0 Å². The summed E-state index contributed by atoms with van der Waals surface area (Å²) in [6.45, 7) is 12.7. The van der Waals surface area contributed by atoms with Crippen molar-refractivity contribution in [3.63, 3.8) is 0 Å². The summed E-state index contributed by atoms with van der Waals surface area (Å²) in [7, 11) is 0. The summed E-state index contributed by atoms with van der Waals surface area (Å²) < 4.78 is 17.3. The number of hydrogen-bond acceptors (Lipinski definition) is 5. The van der Waals surface area contributed by atoms with Crippen LogP contribution in [0.1, 0.15) is 56.0 Å². The molecule has 2 aromatic carbocycles. The van der Waals surface area contributed by atoms with Gasteiger partial charge in [-0.1, -0.05) is 43.7 Å². The predicted molar refractivity (Wildman–Crippen MR) is 131 cm³/mol. The van der Waals surface area contributed by atoms with Gasteiger partial charge in [-0.3, -0.25) is 0 Å². The minimum Gasteiger partial charge on any atom is -0.490 e. The fourth-order valence-electron chi connectivity index (χ4n) is 3.93. The van der Waals surface area contributed by atoms with E-state index in [0.717, 1.165) is 11.1 Å². The van der Waals surface area contributed by atoms with Gasteiger partial charge in [-0.25, -0.2) is 9.59 Å². The van der Waals surface area contributed by atoms with Crippen LogP contribution in [0.3, 0.4) is 0 Å². The molecule has 1 aliphatic rings. The molecule has 0 aliphatic carbocycles. The van der Waals surface area contributed by atoms with Crippen LogP contribution >= 0.6 is 0 Å². The summed E-state index contributed by atoms with van der Waals surface area (Å²) in [5.41, 5.74) is 5.08. The Hall–Kier alpha value is -3.48. The second-order valence-electron chi connectivity index (χ2n) is 8.59. The molecule has 0 aromatic heterocycles. The summed E-state index contributed by atoms with van der Waals surface area (Å²) in [6, 6.07) is 10.7. The highest BCUT2D eigenvalue weighted by atomic mass is 16.5. The zero-order valence-corrected chi connectivity index (χ0v) is 20.8. The average molecular weight is 467 g/mol. The lowest BCUT2D eigenvalue weighted by Gasteiger charge is -2.31. The van der Waals surface area contributed by atoms with Crippen LogP contribution in [-0.4, -0.2) is 25.2 Å². The smallest absolute Gasteiger partial charge is 0.338 e. The Morgan fingerprint density at radius 2 is 1.76 bits per heavy atom. The van der Waals surface area contributed by atoms with Crippen molar-refractivity contribution in [2.45, 2.75) is 54.2 Å². The van der Waals surface area contributed by atoms with Crippen molar-refractivity contribution in [3.8, 4) is 11.5 Å². The number of amides is 2. The molecule has 1 unspecified atom stereocenters. The van der Waals surface area contributed by atoms with Gasteiger partial charge in [-0.15, -0.1) is 0 Å². The molecular formula is C27H34N2O5. The Balaban J connectivity index is 1.97. The number of carbonyl (C=O) groups is 2. The maximum atomic E-state index is 12.9. The summed E-state index contributed by atoms with van der Waals surface area (Å²) in [5.74, 6) is 0.612. The van der Waals surface area contributed by atoms with E-state index in [2.05, 4.69) is 42.7 Å². The first kappa shape index (κ1) is 25.1. The van der Waals surface area contributed by atoms with Crippen molar-refractivity contribution >= 4 is 12.0 Å². The highest BCUT2D eigenvalue weighted by Gasteiger charge is 2.35. The van der Waals surface area contributed by atoms with E-state index in [-0.39, 0.29) is 18.6 Å². The zero-order valence-electron chi connectivity index (χ0n) is 20.8. The minimum absolute atomic E-state index is 0.0699. The Kier molecular flexibility index (Phi) is 8.21. The van der Waals surface area contributed by atoms with Crippen LogP contribution in [0.15, 0.2) is 47.7 Å². The molecule has 0 radical (unpaired) electrons. The fourth-order valence-corrected chi connectivity index (χ4v) is 3.93. The molecule has 182 valence electrons. The molecule has 2 amide bonds. The first-order valence-corrected chi connectivity index (χ1v) is 11.7. The summed E-state index contributed by atoms with van der Waals surface area (Å²) in [6.07, 6.45) is 0. The Morgan fingerprint density at radius 3 is 2.44 bits per heavy atom. The second-order valence-corrected chi connectivity index (χ2v) is 8.59. The van der Waals surface area contributed by atoms with Crippen LogP contribution in [0.2, 0.25) is 0 Å². The maximum absolute atomic E-state index is 12.9. The highest BCUT2D eigenvalue weighted by Crippen LogP contribution is 2.36. The van der Waals surface area contributed by atoms with Gasteiger partial charge in [-0.2, -0.15) is 0 Å². The molecule has 1 heterocycles. The molecule has 0 bridgehead atoms. The highest BCUT2D eigenvalue weighted by molar-refractivity contribution is 5.95. The fraction of sp³-hybridized carbons (Fsp3) is 0.407. The standard InChI is InChI=1S/C27H34N2O5/c1-7-32-22-14-19(11-12-21(22)34-15-20-13-17(5)9-10-18(20)6)25-23(26(30)33-8-2)24(16(3)4)28-27(31)29-25/h9-14,16,25H,7-8,15H2,1-6H3,(H2,28,29,31). The quantitative estimate of drug-likeness (QED) is 0.502. The lowest BCUT2D eigenvalue weighted by Crippen LogP contribution is -2.47. The summed E-state index contributed by atoms with van der Waals surface area (Å²) in [4.78, 5) is 25.3. The van der Waals surface area contributed by atoms with Gasteiger partial charge in [0.1, 0.15) is 6.61 Å². The van der Waals surface area contributed by atoms with Crippen molar-refractivity contribution < 1.29 is 23.8 Å². The number of hydrogen-bond donors (Lipinski definition) is 2. The number of esters is 1. The van der Waals surface area contributed by atoms with E-state index in [1.54, 1.807) is 6.92 Å². The first-order valence-electron chi connectivity index (χ1n) is 11.7. The molecule has 1 aliphatic heterocycles. The van der Waals surface area contributed by atoms with E-state index in [9.17, 15) is 9.59 Å². The lowest BCUT2D eigenvalue weighted by molar-refractivity contribution is -0.139. The van der Waals surface area contributed by atoms with Gasteiger partial charge >= 0.3 is 12.0 Å². The van der Waals surface area contributed by atoms with E-state index >= 15 is 0 Å². The molecule has 7 heteroatoms. The van der Waals surface area contributed by atoms with Gasteiger partial charge in [0, 0.05) is 5.70 Å². The maximum Gasteiger partial charge on any atom is 0.338 e. The Bertz CT molecular complexity index is 1090. The first-order chi connectivity index (χ1) is 16.2. The number of ether oxygens (including phenoxy) is 3. The van der Waals surface area contributed by atoms with Crippen LogP contribution in [0, 0.1) is 19.8 Å². The van der Waals surface area contributed by atoms with Crippen molar-refractivity contribution in [1.29, 1.82) is 0 Å². The summed E-state index contributed by atoms with van der Waals surface area (Å²) in [5, 5.41) is 5.64. The van der Waals surface area contributed by atoms with Crippen molar-refractivity contribution in [3.05, 3.63) is 69.9 Å². The second kappa shape index (κ2) is 11.1. The van der Waals surface area contributed by atoms with E-state index < -0.39 is 12.0 Å². The number of urea groups is 1. The molecule has 1 atom stereocenters. The largest absolute Gasteiger partial charge is 0.490 e. The molecule has 7 nitrogen and oxygen atoms in total. The number of carbonyl (C=O) groups excluding carboxylic acids is 2. The third kappa shape index (κ3) is 5.71. The van der Waals surface area contributed by atoms with Crippen LogP contribution in [0.25, 0.3) is 0 Å². The van der Waals surface area contributed by atoms with Gasteiger partial charge in [0.05, 0.1) is 24.8 Å². The predicted octanol–water partition coefficient (Wildman–Crippen LogP) is 5.11. The molecule has 0 saturated heterocycles. The minimum atomic E-state index is -0.669. The van der Waals surface area contributed by atoms with E-state index in [1.165, 1.54) is 5.56 Å². The topological polar surface area (TPSA) is 85.9 Å². The molecule has 0 spiro atoms. The average Bonchev–Trinajstić information content (AvgIpc) is 2.79. The number of aryl methyl sites for hydroxylation is 2. The lowest BCUT2D eigenvalue weighted by atomic mass is 9.91. The Labute approximate surface area is 201 Å². The summed E-state index contributed by atoms with van der Waals surface area (Å²) >= 11 is 0. The van der Waals surface area contributed by atoms with Gasteiger partial charge in [-0.05, 0) is 62.4 Å².